The van der Waals surface area contributed by atoms with Crippen molar-refractivity contribution in [3.63, 3.8) is 0 Å². The number of hydrogen-bond donors (Lipinski definition) is 0. The van der Waals surface area contributed by atoms with E-state index >= 15 is 0 Å². The van der Waals surface area contributed by atoms with E-state index in [-0.39, 0.29) is 5.82 Å². The highest BCUT2D eigenvalue weighted by Crippen LogP contribution is 2.33. The molecule has 0 fully saturated rings. The maximum absolute atomic E-state index is 13.6. The van der Waals surface area contributed by atoms with Crippen LogP contribution in [0.3, 0.4) is 0 Å². The van der Waals surface area contributed by atoms with Crippen LogP contribution in [0.25, 0.3) is 11.3 Å². The van der Waals surface area contributed by atoms with Crippen LogP contribution in [0.1, 0.15) is 11.1 Å². The smallest absolute Gasteiger partial charge is 0.127 e. The Morgan fingerprint density at radius 1 is 1.33 bits per heavy atom. The van der Waals surface area contributed by atoms with E-state index in [1.165, 1.54) is 0 Å². The SMILES string of the molecule is Cc1ccc(F)c2c1-c1ccnn1CC2. The lowest BCUT2D eigenvalue weighted by atomic mass is 9.94. The van der Waals surface area contributed by atoms with Crippen LogP contribution in [0, 0.1) is 12.7 Å². The number of aromatic nitrogens is 2. The van der Waals surface area contributed by atoms with Crippen LogP contribution in [0.2, 0.25) is 0 Å². The fourth-order valence-electron chi connectivity index (χ4n) is 2.28. The molecule has 15 heavy (non-hydrogen) atoms. The molecule has 1 aromatic carbocycles. The Balaban J connectivity index is 2.36. The molecule has 0 saturated carbocycles. The summed E-state index contributed by atoms with van der Waals surface area (Å²) in [5.74, 6) is -0.0944. The molecule has 1 aliphatic heterocycles. The van der Waals surface area contributed by atoms with Crippen LogP contribution >= 0.6 is 0 Å². The van der Waals surface area contributed by atoms with Crippen molar-refractivity contribution in [1.82, 2.24) is 9.78 Å². The highest BCUT2D eigenvalue weighted by Gasteiger charge is 2.20. The van der Waals surface area contributed by atoms with Crippen LogP contribution in [-0.2, 0) is 13.0 Å². The normalized spacial score (nSPS) is 13.5. The van der Waals surface area contributed by atoms with Gasteiger partial charge in [-0.2, -0.15) is 5.10 Å². The predicted octanol–water partition coefficient (Wildman–Crippen LogP) is 2.55. The molecule has 0 unspecified atom stereocenters. The summed E-state index contributed by atoms with van der Waals surface area (Å²) in [6, 6.07) is 5.33. The van der Waals surface area contributed by atoms with Crippen LogP contribution in [0.15, 0.2) is 24.4 Å². The number of benzene rings is 1. The summed E-state index contributed by atoms with van der Waals surface area (Å²) in [5.41, 5.74) is 4.02. The molecule has 0 amide bonds. The van der Waals surface area contributed by atoms with E-state index in [0.29, 0.717) is 0 Å². The van der Waals surface area contributed by atoms with E-state index in [1.54, 1.807) is 12.3 Å². The first-order valence-electron chi connectivity index (χ1n) is 5.07. The van der Waals surface area contributed by atoms with Crippen molar-refractivity contribution in [3.05, 3.63) is 41.3 Å². The van der Waals surface area contributed by atoms with Crippen molar-refractivity contribution >= 4 is 0 Å². The Morgan fingerprint density at radius 2 is 2.20 bits per heavy atom. The summed E-state index contributed by atoms with van der Waals surface area (Å²) in [6.07, 6.45) is 2.51. The molecule has 0 bridgehead atoms. The summed E-state index contributed by atoms with van der Waals surface area (Å²) < 4.78 is 15.6. The number of nitrogens with zero attached hydrogens (tertiary/aromatic N) is 2. The zero-order valence-electron chi connectivity index (χ0n) is 8.50. The maximum Gasteiger partial charge on any atom is 0.127 e. The molecule has 3 heteroatoms. The van der Waals surface area contributed by atoms with Gasteiger partial charge in [-0.1, -0.05) is 6.07 Å². The van der Waals surface area contributed by atoms with Gasteiger partial charge in [0.05, 0.1) is 5.69 Å². The van der Waals surface area contributed by atoms with Gasteiger partial charge in [0.15, 0.2) is 0 Å². The minimum absolute atomic E-state index is 0.0944. The van der Waals surface area contributed by atoms with Gasteiger partial charge in [-0.3, -0.25) is 4.68 Å². The molecular formula is C12H11FN2. The van der Waals surface area contributed by atoms with Gasteiger partial charge in [0, 0.05) is 18.3 Å². The molecule has 0 atom stereocenters. The summed E-state index contributed by atoms with van der Waals surface area (Å²) in [6.45, 7) is 2.79. The van der Waals surface area contributed by atoms with E-state index in [2.05, 4.69) is 5.10 Å². The minimum atomic E-state index is -0.0944. The third-order valence-corrected chi connectivity index (χ3v) is 3.01. The molecule has 1 aromatic heterocycles. The second-order valence-electron chi connectivity index (χ2n) is 3.91. The Kier molecular flexibility index (Phi) is 1.69. The molecule has 0 spiro atoms. The van der Waals surface area contributed by atoms with Crippen molar-refractivity contribution in [1.29, 1.82) is 0 Å². The van der Waals surface area contributed by atoms with Crippen LogP contribution < -0.4 is 0 Å². The van der Waals surface area contributed by atoms with Gasteiger partial charge in [0.1, 0.15) is 5.82 Å². The second kappa shape index (κ2) is 2.92. The first kappa shape index (κ1) is 8.65. The predicted molar refractivity (Wildman–Crippen MR) is 56.1 cm³/mol. The van der Waals surface area contributed by atoms with Gasteiger partial charge in [0.2, 0.25) is 0 Å². The van der Waals surface area contributed by atoms with Crippen molar-refractivity contribution in [2.45, 2.75) is 19.9 Å². The standard InChI is InChI=1S/C12H11FN2/c1-8-2-3-10(13)9-5-7-15-11(12(8)9)4-6-14-15/h2-4,6H,5,7H2,1H3. The van der Waals surface area contributed by atoms with E-state index in [9.17, 15) is 4.39 Å². The van der Waals surface area contributed by atoms with Gasteiger partial charge in [-0.25, -0.2) is 4.39 Å². The molecule has 2 nitrogen and oxygen atoms in total. The van der Waals surface area contributed by atoms with Gasteiger partial charge in [0.25, 0.3) is 0 Å². The van der Waals surface area contributed by atoms with Crippen molar-refractivity contribution in [3.8, 4) is 11.3 Å². The van der Waals surface area contributed by atoms with Gasteiger partial charge < -0.3 is 0 Å². The highest BCUT2D eigenvalue weighted by molar-refractivity contribution is 5.69. The van der Waals surface area contributed by atoms with Crippen LogP contribution in [0.4, 0.5) is 4.39 Å². The third kappa shape index (κ3) is 1.12. The molecule has 0 radical (unpaired) electrons. The molecule has 0 aliphatic carbocycles. The minimum Gasteiger partial charge on any atom is -0.265 e. The average molecular weight is 202 g/mol. The molecule has 0 N–H and O–H groups in total. The zero-order valence-corrected chi connectivity index (χ0v) is 8.50. The summed E-state index contributed by atoms with van der Waals surface area (Å²) in [7, 11) is 0. The van der Waals surface area contributed by atoms with Crippen LogP contribution in [0.5, 0.6) is 0 Å². The Bertz CT molecular complexity index is 528. The topological polar surface area (TPSA) is 17.8 Å². The fourth-order valence-corrected chi connectivity index (χ4v) is 2.28. The maximum atomic E-state index is 13.6. The monoisotopic (exact) mass is 202 g/mol. The van der Waals surface area contributed by atoms with Gasteiger partial charge in [-0.05, 0) is 36.6 Å². The third-order valence-electron chi connectivity index (χ3n) is 3.01. The lowest BCUT2D eigenvalue weighted by Crippen LogP contribution is -2.14. The summed E-state index contributed by atoms with van der Waals surface area (Å²) in [4.78, 5) is 0. The molecule has 0 saturated heterocycles. The number of halogens is 1. The van der Waals surface area contributed by atoms with E-state index < -0.39 is 0 Å². The van der Waals surface area contributed by atoms with Gasteiger partial charge in [-0.15, -0.1) is 0 Å². The molecule has 3 rings (SSSR count). The number of rotatable bonds is 0. The molecule has 76 valence electrons. The zero-order chi connectivity index (χ0) is 10.4. The largest absolute Gasteiger partial charge is 0.265 e. The summed E-state index contributed by atoms with van der Waals surface area (Å²) >= 11 is 0. The fraction of sp³-hybridized carbons (Fsp3) is 0.250. The van der Waals surface area contributed by atoms with Crippen LogP contribution in [-0.4, -0.2) is 9.78 Å². The molecular weight excluding hydrogens is 191 g/mol. The van der Waals surface area contributed by atoms with Crippen molar-refractivity contribution in [2.24, 2.45) is 0 Å². The molecule has 1 aliphatic rings. The number of aryl methyl sites for hydroxylation is 2. The Labute approximate surface area is 87.4 Å². The number of fused-ring (bicyclic) bond motifs is 3. The lowest BCUT2D eigenvalue weighted by Gasteiger charge is -2.20. The van der Waals surface area contributed by atoms with Crippen molar-refractivity contribution in [2.75, 3.05) is 0 Å². The first-order valence-corrected chi connectivity index (χ1v) is 5.07. The lowest BCUT2D eigenvalue weighted by molar-refractivity contribution is 0.562. The average Bonchev–Trinajstić information content (AvgIpc) is 2.70. The summed E-state index contributed by atoms with van der Waals surface area (Å²) in [5, 5.41) is 4.22. The Morgan fingerprint density at radius 3 is 3.07 bits per heavy atom. The van der Waals surface area contributed by atoms with E-state index in [1.807, 2.05) is 23.7 Å². The van der Waals surface area contributed by atoms with E-state index in [4.69, 9.17) is 0 Å². The quantitative estimate of drug-likeness (QED) is 0.642. The number of hydrogen-bond acceptors (Lipinski definition) is 1. The van der Waals surface area contributed by atoms with Crippen molar-refractivity contribution < 1.29 is 4.39 Å². The second-order valence-corrected chi connectivity index (χ2v) is 3.91. The highest BCUT2D eigenvalue weighted by atomic mass is 19.1. The molecule has 2 heterocycles. The first-order chi connectivity index (χ1) is 7.27. The Hall–Kier alpha value is -1.64. The van der Waals surface area contributed by atoms with Gasteiger partial charge >= 0.3 is 0 Å². The molecule has 2 aromatic rings. The van der Waals surface area contributed by atoms with E-state index in [0.717, 1.165) is 35.3 Å².